The van der Waals surface area contributed by atoms with Crippen molar-refractivity contribution in [2.24, 2.45) is 7.05 Å². The molecule has 108 valence electrons. The Kier molecular flexibility index (Phi) is 4.76. The van der Waals surface area contributed by atoms with E-state index in [1.165, 1.54) is 11.8 Å². The van der Waals surface area contributed by atoms with Crippen molar-refractivity contribution in [1.29, 1.82) is 0 Å². The van der Waals surface area contributed by atoms with Crippen LogP contribution < -0.4 is 10.1 Å². The number of methoxy groups -OCH3 is 1. The molecular weight excluding hydrogens is 267 g/mol. The first-order valence-corrected chi connectivity index (χ1v) is 5.32. The smallest absolute Gasteiger partial charge is 0.392 e. The van der Waals surface area contributed by atoms with Crippen molar-refractivity contribution in [3.05, 3.63) is 11.8 Å². The Labute approximate surface area is 107 Å². The quantitative estimate of drug-likeness (QED) is 0.817. The molecule has 0 aliphatic rings. The highest BCUT2D eigenvalue weighted by Crippen LogP contribution is 2.21. The van der Waals surface area contributed by atoms with Crippen LogP contribution in [0.5, 0.6) is 5.88 Å². The van der Waals surface area contributed by atoms with Gasteiger partial charge in [-0.05, 0) is 0 Å². The maximum absolute atomic E-state index is 12.0. The number of rotatable bonds is 5. The first-order chi connectivity index (χ1) is 8.73. The zero-order chi connectivity index (χ0) is 14.6. The number of alkyl halides is 3. The summed E-state index contributed by atoms with van der Waals surface area (Å²) in [6.45, 7) is -0.0786. The van der Waals surface area contributed by atoms with Gasteiger partial charge in [0.05, 0.1) is 19.1 Å². The van der Waals surface area contributed by atoms with Crippen LogP contribution in [0, 0.1) is 0 Å². The van der Waals surface area contributed by atoms with Gasteiger partial charge >= 0.3 is 6.18 Å². The van der Waals surface area contributed by atoms with Gasteiger partial charge in [0, 0.05) is 19.8 Å². The Morgan fingerprint density at radius 3 is 2.79 bits per heavy atom. The van der Waals surface area contributed by atoms with Crippen molar-refractivity contribution < 1.29 is 27.8 Å². The molecule has 1 atom stereocenters. The van der Waals surface area contributed by atoms with Crippen LogP contribution in [0.3, 0.4) is 0 Å². The van der Waals surface area contributed by atoms with Gasteiger partial charge < -0.3 is 15.2 Å². The minimum atomic E-state index is -4.59. The minimum Gasteiger partial charge on any atom is -0.480 e. The molecule has 1 aromatic heterocycles. The third kappa shape index (κ3) is 4.78. The van der Waals surface area contributed by atoms with Gasteiger partial charge in [-0.15, -0.1) is 5.10 Å². The summed E-state index contributed by atoms with van der Waals surface area (Å²) in [4.78, 5) is 11.3. The number of aromatic nitrogens is 2. The second kappa shape index (κ2) is 5.91. The lowest BCUT2D eigenvalue weighted by molar-refractivity contribution is -0.163. The van der Waals surface area contributed by atoms with Crippen molar-refractivity contribution in [2.45, 2.75) is 25.2 Å². The highest BCUT2D eigenvalue weighted by molar-refractivity contribution is 5.80. The molecule has 0 fully saturated rings. The second-order valence-corrected chi connectivity index (χ2v) is 3.89. The van der Waals surface area contributed by atoms with Crippen LogP contribution >= 0.6 is 0 Å². The van der Waals surface area contributed by atoms with Crippen molar-refractivity contribution in [2.75, 3.05) is 7.11 Å². The fraction of sp³-hybridized carbons (Fsp3) is 0.600. The van der Waals surface area contributed by atoms with Crippen LogP contribution in [0.25, 0.3) is 0 Å². The summed E-state index contributed by atoms with van der Waals surface area (Å²) < 4.78 is 42.3. The highest BCUT2D eigenvalue weighted by Gasteiger charge is 2.34. The van der Waals surface area contributed by atoms with Gasteiger partial charge in [-0.2, -0.15) is 13.2 Å². The summed E-state index contributed by atoms with van der Waals surface area (Å²) in [5.74, 6) is -0.837. The van der Waals surface area contributed by atoms with E-state index in [1.807, 2.05) is 0 Å². The maximum atomic E-state index is 12.0. The monoisotopic (exact) mass is 281 g/mol. The van der Waals surface area contributed by atoms with E-state index >= 15 is 0 Å². The fourth-order valence-corrected chi connectivity index (χ4v) is 1.42. The number of amides is 1. The largest absolute Gasteiger partial charge is 0.480 e. The standard InChI is InChI=1S/C10H14F3N3O3/c1-16-5-6(9(15-16)19-2)4-14-8(18)7(17)3-10(11,12)13/h5,7,17H,3-4H2,1-2H3,(H,14,18). The number of hydrogen-bond acceptors (Lipinski definition) is 4. The molecule has 0 spiro atoms. The van der Waals surface area contributed by atoms with E-state index in [0.717, 1.165) is 0 Å². The molecule has 1 aromatic rings. The zero-order valence-electron chi connectivity index (χ0n) is 10.4. The van der Waals surface area contributed by atoms with Crippen molar-refractivity contribution >= 4 is 5.91 Å². The van der Waals surface area contributed by atoms with Crippen molar-refractivity contribution in [1.82, 2.24) is 15.1 Å². The number of carbonyl (C=O) groups excluding carboxylic acids is 1. The lowest BCUT2D eigenvalue weighted by Gasteiger charge is -2.13. The number of aryl methyl sites for hydroxylation is 1. The number of hydrogen-bond donors (Lipinski definition) is 2. The Bertz CT molecular complexity index is 445. The molecular formula is C10H14F3N3O3. The predicted octanol–water partition coefficient (Wildman–Crippen LogP) is 0.358. The molecule has 1 heterocycles. The average molecular weight is 281 g/mol. The molecule has 1 amide bonds. The van der Waals surface area contributed by atoms with Gasteiger partial charge in [0.15, 0.2) is 0 Å². The van der Waals surface area contributed by atoms with Gasteiger partial charge in [-0.3, -0.25) is 9.48 Å². The second-order valence-electron chi connectivity index (χ2n) is 3.89. The normalized spacial score (nSPS) is 13.2. The van der Waals surface area contributed by atoms with Gasteiger partial charge in [0.1, 0.15) is 6.10 Å². The Balaban J connectivity index is 2.54. The van der Waals surface area contributed by atoms with E-state index < -0.39 is 24.6 Å². The lowest BCUT2D eigenvalue weighted by atomic mass is 10.2. The molecule has 1 unspecified atom stereocenters. The van der Waals surface area contributed by atoms with E-state index in [-0.39, 0.29) is 12.4 Å². The van der Waals surface area contributed by atoms with Crippen molar-refractivity contribution in [3.8, 4) is 5.88 Å². The Morgan fingerprint density at radius 2 is 2.26 bits per heavy atom. The summed E-state index contributed by atoms with van der Waals surface area (Å²) in [6.07, 6.45) is -6.75. The molecule has 0 saturated carbocycles. The average Bonchev–Trinajstić information content (AvgIpc) is 2.64. The van der Waals surface area contributed by atoms with E-state index in [2.05, 4.69) is 10.4 Å². The van der Waals surface area contributed by atoms with Crippen LogP contribution in [0.4, 0.5) is 13.2 Å². The first-order valence-electron chi connectivity index (χ1n) is 5.32. The molecule has 9 heteroatoms. The summed E-state index contributed by atoms with van der Waals surface area (Å²) in [7, 11) is 3.01. The van der Waals surface area contributed by atoms with Crippen molar-refractivity contribution in [3.63, 3.8) is 0 Å². The minimum absolute atomic E-state index is 0.0786. The number of ether oxygens (including phenoxy) is 1. The predicted molar refractivity (Wildman–Crippen MR) is 58.3 cm³/mol. The number of carbonyl (C=O) groups is 1. The first kappa shape index (κ1) is 15.3. The molecule has 0 aromatic carbocycles. The number of aliphatic hydroxyl groups excluding tert-OH is 1. The van der Waals surface area contributed by atoms with E-state index in [1.54, 1.807) is 13.2 Å². The SMILES string of the molecule is COc1nn(C)cc1CNC(=O)C(O)CC(F)(F)F. The summed E-state index contributed by atoms with van der Waals surface area (Å²) in [6, 6.07) is 0. The molecule has 0 bridgehead atoms. The van der Waals surface area contributed by atoms with E-state index in [0.29, 0.717) is 5.56 Å². The van der Waals surface area contributed by atoms with E-state index in [4.69, 9.17) is 9.84 Å². The van der Waals surface area contributed by atoms with Crippen LogP contribution in [0.1, 0.15) is 12.0 Å². The Hall–Kier alpha value is -1.77. The lowest BCUT2D eigenvalue weighted by Crippen LogP contribution is -2.37. The molecule has 19 heavy (non-hydrogen) atoms. The third-order valence-electron chi connectivity index (χ3n) is 2.24. The van der Waals surface area contributed by atoms with Gasteiger partial charge in [0.25, 0.3) is 0 Å². The van der Waals surface area contributed by atoms with Crippen LogP contribution in [-0.2, 0) is 18.4 Å². The number of nitrogens with one attached hydrogen (secondary N) is 1. The highest BCUT2D eigenvalue weighted by atomic mass is 19.4. The summed E-state index contributed by atoms with van der Waals surface area (Å²) in [5.41, 5.74) is 0.498. The zero-order valence-corrected chi connectivity index (χ0v) is 10.4. The summed E-state index contributed by atoms with van der Waals surface area (Å²) >= 11 is 0. The molecule has 0 radical (unpaired) electrons. The number of aliphatic hydroxyl groups is 1. The van der Waals surface area contributed by atoms with Crippen LogP contribution in [0.15, 0.2) is 6.20 Å². The van der Waals surface area contributed by atoms with Crippen LogP contribution in [0.2, 0.25) is 0 Å². The van der Waals surface area contributed by atoms with E-state index in [9.17, 15) is 18.0 Å². The third-order valence-corrected chi connectivity index (χ3v) is 2.24. The molecule has 2 N–H and O–H groups in total. The molecule has 1 rings (SSSR count). The maximum Gasteiger partial charge on any atom is 0.392 e. The topological polar surface area (TPSA) is 76.4 Å². The number of nitrogens with zero attached hydrogens (tertiary/aromatic N) is 2. The molecule has 0 aliphatic carbocycles. The van der Waals surface area contributed by atoms with Gasteiger partial charge in [-0.1, -0.05) is 0 Å². The summed E-state index contributed by atoms with van der Waals surface area (Å²) in [5, 5.41) is 15.2. The number of halogens is 3. The molecule has 0 aliphatic heterocycles. The molecule has 6 nitrogen and oxygen atoms in total. The molecule has 0 saturated heterocycles. The fourth-order valence-electron chi connectivity index (χ4n) is 1.42. The van der Waals surface area contributed by atoms with Gasteiger partial charge in [0.2, 0.25) is 11.8 Å². The van der Waals surface area contributed by atoms with Crippen LogP contribution in [-0.4, -0.2) is 40.2 Å². The van der Waals surface area contributed by atoms with Gasteiger partial charge in [-0.25, -0.2) is 0 Å². The Morgan fingerprint density at radius 1 is 1.63 bits per heavy atom.